The molecule has 2 rings (SSSR count). The monoisotopic (exact) mass is 257 g/mol. The topological polar surface area (TPSA) is 39.1 Å². The molecule has 19 heavy (non-hydrogen) atoms. The van der Waals surface area contributed by atoms with E-state index >= 15 is 0 Å². The number of nitrogens with one attached hydrogen (secondary N) is 1. The number of benzene rings is 1. The third-order valence-electron chi connectivity index (χ3n) is 3.82. The standard InChI is InChI=1S/C16H23N3/c1-12-5-6-13(2)15(9-12)19-11-16(3,4)18-10-14(19)7-8-17/h5-6,9,14,18H,7,10-11H2,1-4H3. The lowest BCUT2D eigenvalue weighted by atomic mass is 9.95. The fraction of sp³-hybridized carbons (Fsp3) is 0.562. The first-order chi connectivity index (χ1) is 8.93. The van der Waals surface area contributed by atoms with Gasteiger partial charge in [-0.1, -0.05) is 12.1 Å². The van der Waals surface area contributed by atoms with Crippen LogP contribution in [0.4, 0.5) is 5.69 Å². The van der Waals surface area contributed by atoms with Crippen LogP contribution in [0.15, 0.2) is 18.2 Å². The minimum atomic E-state index is 0.0855. The Hall–Kier alpha value is -1.53. The zero-order valence-electron chi connectivity index (χ0n) is 12.3. The molecule has 3 heteroatoms. The highest BCUT2D eigenvalue weighted by atomic mass is 15.3. The van der Waals surface area contributed by atoms with Crippen molar-refractivity contribution in [2.45, 2.75) is 45.7 Å². The van der Waals surface area contributed by atoms with Crippen LogP contribution >= 0.6 is 0 Å². The van der Waals surface area contributed by atoms with E-state index in [1.54, 1.807) is 0 Å². The van der Waals surface area contributed by atoms with E-state index in [4.69, 9.17) is 5.26 Å². The van der Waals surface area contributed by atoms with Crippen LogP contribution in [0.2, 0.25) is 0 Å². The molecule has 3 nitrogen and oxygen atoms in total. The highest BCUT2D eigenvalue weighted by molar-refractivity contribution is 5.56. The molecule has 0 bridgehead atoms. The Morgan fingerprint density at radius 3 is 2.84 bits per heavy atom. The van der Waals surface area contributed by atoms with Crippen LogP contribution in [0.1, 0.15) is 31.4 Å². The molecule has 1 atom stereocenters. The number of rotatable bonds is 2. The first-order valence-electron chi connectivity index (χ1n) is 6.89. The minimum Gasteiger partial charge on any atom is -0.364 e. The molecule has 1 fully saturated rings. The zero-order valence-corrected chi connectivity index (χ0v) is 12.3. The molecule has 1 aliphatic heterocycles. The van der Waals surface area contributed by atoms with E-state index in [-0.39, 0.29) is 11.6 Å². The molecule has 1 aromatic rings. The smallest absolute Gasteiger partial charge is 0.0643 e. The second-order valence-electron chi connectivity index (χ2n) is 6.20. The Balaban J connectivity index is 2.36. The summed E-state index contributed by atoms with van der Waals surface area (Å²) in [5.41, 5.74) is 3.91. The van der Waals surface area contributed by atoms with Crippen LogP contribution < -0.4 is 10.2 Å². The third-order valence-corrected chi connectivity index (χ3v) is 3.82. The van der Waals surface area contributed by atoms with Crippen molar-refractivity contribution >= 4 is 5.69 Å². The molecule has 1 aliphatic rings. The Bertz CT molecular complexity index is 499. The molecular formula is C16H23N3. The molecule has 0 radical (unpaired) electrons. The van der Waals surface area contributed by atoms with E-state index in [2.05, 4.69) is 62.2 Å². The van der Waals surface area contributed by atoms with Crippen LogP contribution in [-0.4, -0.2) is 24.7 Å². The fourth-order valence-corrected chi connectivity index (χ4v) is 2.71. The predicted octanol–water partition coefficient (Wildman–Crippen LogP) is 2.77. The van der Waals surface area contributed by atoms with E-state index in [1.165, 1.54) is 16.8 Å². The molecule has 1 aromatic carbocycles. The van der Waals surface area contributed by atoms with Gasteiger partial charge in [-0.2, -0.15) is 5.26 Å². The number of piperazine rings is 1. The van der Waals surface area contributed by atoms with Gasteiger partial charge in [-0.25, -0.2) is 0 Å². The average molecular weight is 257 g/mol. The van der Waals surface area contributed by atoms with E-state index in [0.717, 1.165) is 13.1 Å². The molecule has 1 unspecified atom stereocenters. The van der Waals surface area contributed by atoms with Gasteiger partial charge in [0.1, 0.15) is 0 Å². The van der Waals surface area contributed by atoms with Gasteiger partial charge in [0.2, 0.25) is 0 Å². The van der Waals surface area contributed by atoms with Gasteiger partial charge in [-0.3, -0.25) is 0 Å². The van der Waals surface area contributed by atoms with Gasteiger partial charge in [-0.05, 0) is 44.9 Å². The van der Waals surface area contributed by atoms with E-state index in [1.807, 2.05) is 0 Å². The summed E-state index contributed by atoms with van der Waals surface area (Å²) in [6, 6.07) is 9.13. The lowest BCUT2D eigenvalue weighted by Crippen LogP contribution is -2.61. The van der Waals surface area contributed by atoms with E-state index < -0.39 is 0 Å². The predicted molar refractivity (Wildman–Crippen MR) is 79.4 cm³/mol. The summed E-state index contributed by atoms with van der Waals surface area (Å²) in [7, 11) is 0. The molecular weight excluding hydrogens is 234 g/mol. The Morgan fingerprint density at radius 1 is 1.42 bits per heavy atom. The lowest BCUT2D eigenvalue weighted by Gasteiger charge is -2.46. The number of nitriles is 1. The second-order valence-corrected chi connectivity index (χ2v) is 6.20. The van der Waals surface area contributed by atoms with Gasteiger partial charge in [0.05, 0.1) is 18.5 Å². The molecule has 0 spiro atoms. The van der Waals surface area contributed by atoms with Crippen molar-refractivity contribution < 1.29 is 0 Å². The van der Waals surface area contributed by atoms with Gasteiger partial charge >= 0.3 is 0 Å². The molecule has 0 saturated carbocycles. The van der Waals surface area contributed by atoms with Crippen LogP contribution in [0.25, 0.3) is 0 Å². The SMILES string of the molecule is Cc1ccc(C)c(N2CC(C)(C)NCC2CC#N)c1. The van der Waals surface area contributed by atoms with Crippen LogP contribution in [0.5, 0.6) is 0 Å². The van der Waals surface area contributed by atoms with Gasteiger partial charge in [0.15, 0.2) is 0 Å². The summed E-state index contributed by atoms with van der Waals surface area (Å²) in [5, 5.41) is 12.6. The van der Waals surface area contributed by atoms with Crippen molar-refractivity contribution in [1.29, 1.82) is 5.26 Å². The van der Waals surface area contributed by atoms with E-state index in [9.17, 15) is 0 Å². The molecule has 0 aromatic heterocycles. The van der Waals surface area contributed by atoms with Crippen molar-refractivity contribution in [3.05, 3.63) is 29.3 Å². The largest absolute Gasteiger partial charge is 0.364 e. The zero-order chi connectivity index (χ0) is 14.0. The average Bonchev–Trinajstić information content (AvgIpc) is 2.34. The third kappa shape index (κ3) is 3.08. The highest BCUT2D eigenvalue weighted by Crippen LogP contribution is 2.28. The Kier molecular flexibility index (Phi) is 3.82. The van der Waals surface area contributed by atoms with Crippen molar-refractivity contribution in [3.8, 4) is 6.07 Å². The molecule has 1 saturated heterocycles. The molecule has 1 N–H and O–H groups in total. The number of anilines is 1. The number of nitrogens with zero attached hydrogens (tertiary/aromatic N) is 2. The molecule has 0 amide bonds. The summed E-state index contributed by atoms with van der Waals surface area (Å²) >= 11 is 0. The maximum Gasteiger partial charge on any atom is 0.0643 e. The first kappa shape index (κ1) is 13.9. The number of hydrogen-bond donors (Lipinski definition) is 1. The summed E-state index contributed by atoms with van der Waals surface area (Å²) in [4.78, 5) is 2.40. The molecule has 1 heterocycles. The lowest BCUT2D eigenvalue weighted by molar-refractivity contribution is 0.311. The van der Waals surface area contributed by atoms with Gasteiger partial charge < -0.3 is 10.2 Å². The van der Waals surface area contributed by atoms with Crippen molar-refractivity contribution in [2.24, 2.45) is 0 Å². The summed E-state index contributed by atoms with van der Waals surface area (Å²) in [6.45, 7) is 10.5. The van der Waals surface area contributed by atoms with Crippen LogP contribution in [0.3, 0.4) is 0 Å². The van der Waals surface area contributed by atoms with Gasteiger partial charge in [0.25, 0.3) is 0 Å². The maximum absolute atomic E-state index is 9.03. The van der Waals surface area contributed by atoms with Gasteiger partial charge in [-0.15, -0.1) is 0 Å². The summed E-state index contributed by atoms with van der Waals surface area (Å²) in [6.07, 6.45) is 0.566. The number of hydrogen-bond acceptors (Lipinski definition) is 3. The normalized spacial score (nSPS) is 22.1. The number of aryl methyl sites for hydroxylation is 2. The summed E-state index contributed by atoms with van der Waals surface area (Å²) < 4.78 is 0. The molecule has 102 valence electrons. The van der Waals surface area contributed by atoms with E-state index in [0.29, 0.717) is 6.42 Å². The van der Waals surface area contributed by atoms with Crippen LogP contribution in [0, 0.1) is 25.2 Å². The Labute approximate surface area is 116 Å². The van der Waals surface area contributed by atoms with Gasteiger partial charge in [0, 0.05) is 24.3 Å². The first-order valence-corrected chi connectivity index (χ1v) is 6.89. The van der Waals surface area contributed by atoms with Crippen molar-refractivity contribution in [2.75, 3.05) is 18.0 Å². The Morgan fingerprint density at radius 2 is 2.16 bits per heavy atom. The molecule has 0 aliphatic carbocycles. The maximum atomic E-state index is 9.03. The highest BCUT2D eigenvalue weighted by Gasteiger charge is 2.33. The van der Waals surface area contributed by atoms with Crippen molar-refractivity contribution in [1.82, 2.24) is 5.32 Å². The summed E-state index contributed by atoms with van der Waals surface area (Å²) in [5.74, 6) is 0. The second kappa shape index (κ2) is 5.22. The van der Waals surface area contributed by atoms with Crippen molar-refractivity contribution in [3.63, 3.8) is 0 Å². The minimum absolute atomic E-state index is 0.0855. The fourth-order valence-electron chi connectivity index (χ4n) is 2.71. The van der Waals surface area contributed by atoms with Crippen LogP contribution in [-0.2, 0) is 0 Å². The quantitative estimate of drug-likeness (QED) is 0.885.